The number of pyridine rings is 2. The zero-order chi connectivity index (χ0) is 15.1. The molecule has 0 bridgehead atoms. The Morgan fingerprint density at radius 3 is 2.95 bits per heavy atom. The number of nitrogens with two attached hydrogens (primary N) is 1. The van der Waals surface area contributed by atoms with E-state index in [1.165, 1.54) is 0 Å². The van der Waals surface area contributed by atoms with Gasteiger partial charge in [0.2, 0.25) is 0 Å². The summed E-state index contributed by atoms with van der Waals surface area (Å²) in [6.45, 7) is 2.49. The molecule has 2 aromatic heterocycles. The molecule has 0 aromatic carbocycles. The highest BCUT2D eigenvalue weighted by Gasteiger charge is 2.11. The zero-order valence-corrected chi connectivity index (χ0v) is 11.8. The highest BCUT2D eigenvalue weighted by Crippen LogP contribution is 2.04. The SMILES string of the molecule is Cc1cccc(CNC(=O)c2ncccc2C#CCN)n1. The fraction of sp³-hybridized carbons (Fsp3) is 0.188. The van der Waals surface area contributed by atoms with Crippen LogP contribution >= 0.6 is 0 Å². The van der Waals surface area contributed by atoms with Gasteiger partial charge in [0.25, 0.3) is 5.91 Å². The molecule has 0 saturated heterocycles. The van der Waals surface area contributed by atoms with Crippen molar-refractivity contribution in [2.24, 2.45) is 5.73 Å². The van der Waals surface area contributed by atoms with Crippen LogP contribution in [-0.2, 0) is 6.54 Å². The number of hydrogen-bond donors (Lipinski definition) is 2. The van der Waals surface area contributed by atoms with E-state index in [0.29, 0.717) is 17.8 Å². The van der Waals surface area contributed by atoms with Gasteiger partial charge < -0.3 is 11.1 Å². The van der Waals surface area contributed by atoms with E-state index in [0.717, 1.165) is 11.4 Å². The molecule has 2 aromatic rings. The molecule has 3 N–H and O–H groups in total. The van der Waals surface area contributed by atoms with Crippen LogP contribution in [-0.4, -0.2) is 22.4 Å². The summed E-state index contributed by atoms with van der Waals surface area (Å²) in [5.74, 6) is 5.30. The third-order valence-electron chi connectivity index (χ3n) is 2.72. The van der Waals surface area contributed by atoms with Crippen molar-refractivity contribution in [1.82, 2.24) is 15.3 Å². The fourth-order valence-electron chi connectivity index (χ4n) is 1.79. The Morgan fingerprint density at radius 1 is 1.33 bits per heavy atom. The summed E-state index contributed by atoms with van der Waals surface area (Å²) in [4.78, 5) is 20.6. The molecule has 0 atom stereocenters. The Balaban J connectivity index is 2.10. The van der Waals surface area contributed by atoms with Gasteiger partial charge in [-0.05, 0) is 31.2 Å². The van der Waals surface area contributed by atoms with E-state index in [4.69, 9.17) is 5.73 Å². The Morgan fingerprint density at radius 2 is 2.19 bits per heavy atom. The first-order chi connectivity index (χ1) is 10.2. The van der Waals surface area contributed by atoms with Crippen molar-refractivity contribution in [3.8, 4) is 11.8 Å². The van der Waals surface area contributed by atoms with Gasteiger partial charge in [-0.25, -0.2) is 4.98 Å². The van der Waals surface area contributed by atoms with E-state index in [9.17, 15) is 4.79 Å². The molecule has 106 valence electrons. The topological polar surface area (TPSA) is 80.9 Å². The average Bonchev–Trinajstić information content (AvgIpc) is 2.51. The summed E-state index contributed by atoms with van der Waals surface area (Å²) in [7, 11) is 0. The minimum Gasteiger partial charge on any atom is -0.345 e. The number of aryl methyl sites for hydroxylation is 1. The van der Waals surface area contributed by atoms with Crippen molar-refractivity contribution in [1.29, 1.82) is 0 Å². The van der Waals surface area contributed by atoms with E-state index >= 15 is 0 Å². The molecule has 0 saturated carbocycles. The van der Waals surface area contributed by atoms with Crippen LogP contribution in [0.25, 0.3) is 0 Å². The maximum atomic E-state index is 12.2. The Labute approximate surface area is 123 Å². The van der Waals surface area contributed by atoms with Crippen LogP contribution < -0.4 is 11.1 Å². The number of amides is 1. The molecular weight excluding hydrogens is 264 g/mol. The molecule has 0 spiro atoms. The fourth-order valence-corrected chi connectivity index (χ4v) is 1.79. The van der Waals surface area contributed by atoms with E-state index in [1.807, 2.05) is 25.1 Å². The van der Waals surface area contributed by atoms with Crippen LogP contribution in [0.4, 0.5) is 0 Å². The van der Waals surface area contributed by atoms with Crippen molar-refractivity contribution in [3.05, 3.63) is 59.2 Å². The molecular formula is C16H16N4O. The lowest BCUT2D eigenvalue weighted by Gasteiger charge is -2.06. The Hall–Kier alpha value is -2.71. The average molecular weight is 280 g/mol. The molecule has 1 amide bonds. The number of hydrogen-bond acceptors (Lipinski definition) is 4. The third-order valence-corrected chi connectivity index (χ3v) is 2.72. The van der Waals surface area contributed by atoms with E-state index in [-0.39, 0.29) is 12.5 Å². The lowest BCUT2D eigenvalue weighted by atomic mass is 10.2. The van der Waals surface area contributed by atoms with E-state index in [2.05, 4.69) is 27.1 Å². The van der Waals surface area contributed by atoms with Crippen molar-refractivity contribution >= 4 is 5.91 Å². The number of carbonyl (C=O) groups excluding carboxylic acids is 1. The smallest absolute Gasteiger partial charge is 0.271 e. The minimum absolute atomic E-state index is 0.239. The maximum Gasteiger partial charge on any atom is 0.271 e. The summed E-state index contributed by atoms with van der Waals surface area (Å²) in [6.07, 6.45) is 1.56. The van der Waals surface area contributed by atoms with Crippen LogP contribution in [0.1, 0.15) is 27.4 Å². The Kier molecular flexibility index (Phi) is 5.02. The molecule has 5 heteroatoms. The number of nitrogens with one attached hydrogen (secondary N) is 1. The van der Waals surface area contributed by atoms with Gasteiger partial charge in [-0.15, -0.1) is 0 Å². The molecule has 0 aliphatic carbocycles. The second-order valence-corrected chi connectivity index (χ2v) is 4.36. The van der Waals surface area contributed by atoms with E-state index < -0.39 is 0 Å². The summed E-state index contributed by atoms with van der Waals surface area (Å²) < 4.78 is 0. The lowest BCUT2D eigenvalue weighted by Crippen LogP contribution is -2.25. The van der Waals surface area contributed by atoms with Gasteiger partial charge >= 0.3 is 0 Å². The largest absolute Gasteiger partial charge is 0.345 e. The van der Waals surface area contributed by atoms with Crippen molar-refractivity contribution in [2.75, 3.05) is 6.54 Å². The molecule has 0 aliphatic rings. The first-order valence-corrected chi connectivity index (χ1v) is 6.55. The van der Waals surface area contributed by atoms with E-state index in [1.54, 1.807) is 18.3 Å². The highest BCUT2D eigenvalue weighted by molar-refractivity contribution is 5.94. The molecule has 5 nitrogen and oxygen atoms in total. The van der Waals surface area contributed by atoms with Gasteiger partial charge in [-0.3, -0.25) is 9.78 Å². The molecule has 0 aliphatic heterocycles. The number of aromatic nitrogens is 2. The number of carbonyl (C=O) groups is 1. The third kappa shape index (κ3) is 4.13. The normalized spacial score (nSPS) is 9.62. The van der Waals surface area contributed by atoms with Crippen LogP contribution in [0.15, 0.2) is 36.5 Å². The van der Waals surface area contributed by atoms with Gasteiger partial charge in [-0.2, -0.15) is 0 Å². The summed E-state index contributed by atoms with van der Waals surface area (Å²) in [6, 6.07) is 9.16. The molecule has 2 rings (SSSR count). The Bertz CT molecular complexity index is 701. The van der Waals surface area contributed by atoms with Gasteiger partial charge in [0.05, 0.1) is 24.3 Å². The molecule has 2 heterocycles. The van der Waals surface area contributed by atoms with Gasteiger partial charge in [0, 0.05) is 11.9 Å². The van der Waals surface area contributed by atoms with Crippen LogP contribution in [0.3, 0.4) is 0 Å². The lowest BCUT2D eigenvalue weighted by molar-refractivity contribution is 0.0945. The number of nitrogens with zero attached hydrogens (tertiary/aromatic N) is 2. The van der Waals surface area contributed by atoms with Crippen molar-refractivity contribution < 1.29 is 4.79 Å². The highest BCUT2D eigenvalue weighted by atomic mass is 16.1. The first-order valence-electron chi connectivity index (χ1n) is 6.55. The first kappa shape index (κ1) is 14.7. The predicted octanol–water partition coefficient (Wildman–Crippen LogP) is 1.03. The quantitative estimate of drug-likeness (QED) is 0.823. The molecule has 0 radical (unpaired) electrons. The van der Waals surface area contributed by atoms with Gasteiger partial charge in [-0.1, -0.05) is 17.9 Å². The predicted molar refractivity (Wildman–Crippen MR) is 80.3 cm³/mol. The molecule has 0 fully saturated rings. The summed E-state index contributed by atoms with van der Waals surface area (Å²) in [5.41, 5.74) is 7.92. The van der Waals surface area contributed by atoms with Crippen LogP contribution in [0.2, 0.25) is 0 Å². The minimum atomic E-state index is -0.278. The maximum absolute atomic E-state index is 12.2. The summed E-state index contributed by atoms with van der Waals surface area (Å²) in [5, 5.41) is 2.80. The van der Waals surface area contributed by atoms with Gasteiger partial charge in [0.15, 0.2) is 0 Å². The molecule has 21 heavy (non-hydrogen) atoms. The van der Waals surface area contributed by atoms with Crippen molar-refractivity contribution in [3.63, 3.8) is 0 Å². The van der Waals surface area contributed by atoms with Crippen LogP contribution in [0, 0.1) is 18.8 Å². The second kappa shape index (κ2) is 7.17. The monoisotopic (exact) mass is 280 g/mol. The van der Waals surface area contributed by atoms with Crippen LogP contribution in [0.5, 0.6) is 0 Å². The number of rotatable bonds is 3. The summed E-state index contributed by atoms with van der Waals surface area (Å²) >= 11 is 0. The second-order valence-electron chi connectivity index (χ2n) is 4.36. The standard InChI is InChI=1S/C16H16N4O/c1-12-5-2-8-14(20-12)11-19-16(21)15-13(6-3-9-17)7-4-10-18-15/h2,4-5,7-8,10H,9,11,17H2,1H3,(H,19,21). The van der Waals surface area contributed by atoms with Gasteiger partial charge in [0.1, 0.15) is 5.69 Å². The van der Waals surface area contributed by atoms with Crippen molar-refractivity contribution in [2.45, 2.75) is 13.5 Å². The molecule has 0 unspecified atom stereocenters. The zero-order valence-electron chi connectivity index (χ0n) is 11.8.